The van der Waals surface area contributed by atoms with Crippen LogP contribution in [-0.2, 0) is 11.3 Å². The number of hydrogen-bond donors (Lipinski definition) is 0. The standard InChI is InChI=1S/C13H11ClN2O3/c1-18-13(17)12-10(7-11(14)15-16-12)19-8-9-5-3-2-4-6-9/h2-7H,8H2,1H3. The van der Waals surface area contributed by atoms with E-state index in [1.807, 2.05) is 30.3 Å². The van der Waals surface area contributed by atoms with Crippen LogP contribution in [0.2, 0.25) is 5.15 Å². The second-order valence-corrected chi connectivity index (χ2v) is 4.03. The third-order valence-electron chi connectivity index (χ3n) is 2.35. The summed E-state index contributed by atoms with van der Waals surface area (Å²) in [6.45, 7) is 0.298. The minimum absolute atomic E-state index is 0.00262. The highest BCUT2D eigenvalue weighted by molar-refractivity contribution is 6.29. The highest BCUT2D eigenvalue weighted by atomic mass is 35.5. The molecular formula is C13H11ClN2O3. The van der Waals surface area contributed by atoms with Crippen LogP contribution in [0.3, 0.4) is 0 Å². The Morgan fingerprint density at radius 1 is 1.26 bits per heavy atom. The third kappa shape index (κ3) is 3.42. The number of carbonyl (C=O) groups excluding carboxylic acids is 1. The lowest BCUT2D eigenvalue weighted by Gasteiger charge is -2.09. The van der Waals surface area contributed by atoms with Crippen LogP contribution in [0.5, 0.6) is 5.75 Å². The molecule has 1 aromatic carbocycles. The Morgan fingerprint density at radius 3 is 2.68 bits per heavy atom. The van der Waals surface area contributed by atoms with E-state index in [2.05, 4.69) is 14.9 Å². The summed E-state index contributed by atoms with van der Waals surface area (Å²) < 4.78 is 10.1. The fourth-order valence-corrected chi connectivity index (χ4v) is 1.57. The predicted octanol–water partition coefficient (Wildman–Crippen LogP) is 2.50. The van der Waals surface area contributed by atoms with Crippen LogP contribution in [0.4, 0.5) is 0 Å². The largest absolute Gasteiger partial charge is 0.486 e. The third-order valence-corrected chi connectivity index (χ3v) is 2.53. The van der Waals surface area contributed by atoms with Crippen molar-refractivity contribution in [1.29, 1.82) is 0 Å². The van der Waals surface area contributed by atoms with E-state index in [-0.39, 0.29) is 16.6 Å². The Hall–Kier alpha value is -2.14. The first-order valence-corrected chi connectivity index (χ1v) is 5.87. The molecule has 0 radical (unpaired) electrons. The molecule has 1 heterocycles. The lowest BCUT2D eigenvalue weighted by atomic mass is 10.2. The van der Waals surface area contributed by atoms with Crippen molar-refractivity contribution in [2.75, 3.05) is 7.11 Å². The monoisotopic (exact) mass is 278 g/mol. The van der Waals surface area contributed by atoms with Gasteiger partial charge >= 0.3 is 5.97 Å². The van der Waals surface area contributed by atoms with Crippen LogP contribution < -0.4 is 4.74 Å². The van der Waals surface area contributed by atoms with Crippen LogP contribution in [0.25, 0.3) is 0 Å². The van der Waals surface area contributed by atoms with Crippen LogP contribution >= 0.6 is 11.6 Å². The van der Waals surface area contributed by atoms with Crippen molar-refractivity contribution in [3.05, 3.63) is 52.8 Å². The van der Waals surface area contributed by atoms with Crippen molar-refractivity contribution >= 4 is 17.6 Å². The summed E-state index contributed by atoms with van der Waals surface area (Å²) in [5.41, 5.74) is 0.967. The van der Waals surface area contributed by atoms with Gasteiger partial charge in [-0.25, -0.2) is 4.79 Å². The highest BCUT2D eigenvalue weighted by Crippen LogP contribution is 2.21. The summed E-state index contributed by atoms with van der Waals surface area (Å²) >= 11 is 5.74. The maximum Gasteiger partial charge on any atom is 0.362 e. The van der Waals surface area contributed by atoms with E-state index in [4.69, 9.17) is 16.3 Å². The number of benzene rings is 1. The zero-order chi connectivity index (χ0) is 13.7. The molecule has 0 unspecified atom stereocenters. The van der Waals surface area contributed by atoms with E-state index in [1.165, 1.54) is 13.2 Å². The topological polar surface area (TPSA) is 61.3 Å². The number of carbonyl (C=O) groups is 1. The number of esters is 1. The van der Waals surface area contributed by atoms with Crippen molar-refractivity contribution in [2.45, 2.75) is 6.61 Å². The Balaban J connectivity index is 2.19. The molecule has 0 aliphatic rings. The summed E-state index contributed by atoms with van der Waals surface area (Å²) in [5.74, 6) is -0.372. The van der Waals surface area contributed by atoms with Crippen molar-refractivity contribution in [3.63, 3.8) is 0 Å². The van der Waals surface area contributed by atoms with Crippen molar-refractivity contribution in [2.24, 2.45) is 0 Å². The zero-order valence-corrected chi connectivity index (χ0v) is 10.9. The quantitative estimate of drug-likeness (QED) is 0.804. The maximum atomic E-state index is 11.5. The molecule has 0 fully saturated rings. The Kier molecular flexibility index (Phi) is 4.30. The molecule has 98 valence electrons. The number of halogens is 1. The molecule has 0 saturated heterocycles. The van der Waals surface area contributed by atoms with E-state index in [0.717, 1.165) is 5.56 Å². The first-order chi connectivity index (χ1) is 9.20. The van der Waals surface area contributed by atoms with Gasteiger partial charge in [-0.3, -0.25) is 0 Å². The lowest BCUT2D eigenvalue weighted by molar-refractivity contribution is 0.0586. The Morgan fingerprint density at radius 2 is 2.00 bits per heavy atom. The lowest BCUT2D eigenvalue weighted by Crippen LogP contribution is -2.09. The summed E-state index contributed by atoms with van der Waals surface area (Å²) in [7, 11) is 1.26. The van der Waals surface area contributed by atoms with Gasteiger partial charge in [0.05, 0.1) is 7.11 Å². The van der Waals surface area contributed by atoms with Gasteiger partial charge in [0.2, 0.25) is 5.69 Å². The summed E-state index contributed by atoms with van der Waals surface area (Å²) in [6, 6.07) is 11.0. The van der Waals surface area contributed by atoms with Crippen molar-refractivity contribution in [3.8, 4) is 5.75 Å². The molecule has 0 amide bonds. The number of aromatic nitrogens is 2. The molecule has 0 bridgehead atoms. The normalized spacial score (nSPS) is 10.0. The van der Waals surface area contributed by atoms with Gasteiger partial charge in [-0.2, -0.15) is 0 Å². The molecule has 0 aliphatic carbocycles. The second-order valence-electron chi connectivity index (χ2n) is 3.65. The van der Waals surface area contributed by atoms with Crippen LogP contribution in [0.15, 0.2) is 36.4 Å². The molecule has 0 atom stereocenters. The molecule has 0 N–H and O–H groups in total. The van der Waals surface area contributed by atoms with Gasteiger partial charge < -0.3 is 9.47 Å². The summed E-state index contributed by atoms with van der Waals surface area (Å²) in [6.07, 6.45) is 0. The molecule has 2 rings (SSSR count). The number of methoxy groups -OCH3 is 1. The summed E-state index contributed by atoms with van der Waals surface area (Å²) in [5, 5.41) is 7.43. The van der Waals surface area contributed by atoms with Gasteiger partial charge in [0.25, 0.3) is 0 Å². The Bertz CT molecular complexity index is 575. The van der Waals surface area contributed by atoms with Gasteiger partial charge in [0, 0.05) is 6.07 Å². The fourth-order valence-electron chi connectivity index (χ4n) is 1.44. The van der Waals surface area contributed by atoms with Gasteiger partial charge in [-0.05, 0) is 5.56 Å². The maximum absolute atomic E-state index is 11.5. The van der Waals surface area contributed by atoms with E-state index in [0.29, 0.717) is 6.61 Å². The molecule has 0 aliphatic heterocycles. The highest BCUT2D eigenvalue weighted by Gasteiger charge is 2.16. The smallest absolute Gasteiger partial charge is 0.362 e. The fraction of sp³-hybridized carbons (Fsp3) is 0.154. The first-order valence-electron chi connectivity index (χ1n) is 5.49. The molecule has 5 nitrogen and oxygen atoms in total. The van der Waals surface area contributed by atoms with Crippen molar-refractivity contribution in [1.82, 2.24) is 10.2 Å². The number of hydrogen-bond acceptors (Lipinski definition) is 5. The second kappa shape index (κ2) is 6.15. The average molecular weight is 279 g/mol. The minimum atomic E-state index is -0.618. The van der Waals surface area contributed by atoms with Gasteiger partial charge in [0.1, 0.15) is 6.61 Å². The molecule has 6 heteroatoms. The predicted molar refractivity (Wildman–Crippen MR) is 69.2 cm³/mol. The molecule has 0 spiro atoms. The number of rotatable bonds is 4. The molecule has 2 aromatic rings. The summed E-state index contributed by atoms with van der Waals surface area (Å²) in [4.78, 5) is 11.5. The number of nitrogens with zero attached hydrogens (tertiary/aromatic N) is 2. The zero-order valence-electron chi connectivity index (χ0n) is 10.2. The average Bonchev–Trinajstić information content (AvgIpc) is 2.45. The van der Waals surface area contributed by atoms with E-state index in [9.17, 15) is 4.79 Å². The van der Waals surface area contributed by atoms with Crippen LogP contribution in [-0.4, -0.2) is 23.3 Å². The van der Waals surface area contributed by atoms with Crippen molar-refractivity contribution < 1.29 is 14.3 Å². The molecule has 19 heavy (non-hydrogen) atoms. The van der Waals surface area contributed by atoms with Crippen LogP contribution in [0, 0.1) is 0 Å². The van der Waals surface area contributed by atoms with Gasteiger partial charge in [-0.15, -0.1) is 10.2 Å². The van der Waals surface area contributed by atoms with Gasteiger partial charge in [-0.1, -0.05) is 41.9 Å². The minimum Gasteiger partial charge on any atom is -0.486 e. The van der Waals surface area contributed by atoms with E-state index < -0.39 is 5.97 Å². The first kappa shape index (κ1) is 13.3. The van der Waals surface area contributed by atoms with E-state index >= 15 is 0 Å². The Labute approximate surface area is 115 Å². The molecule has 1 aromatic heterocycles. The SMILES string of the molecule is COC(=O)c1nnc(Cl)cc1OCc1ccccc1. The van der Waals surface area contributed by atoms with Gasteiger partial charge in [0.15, 0.2) is 10.9 Å². The van der Waals surface area contributed by atoms with E-state index in [1.54, 1.807) is 0 Å². The number of ether oxygens (including phenoxy) is 2. The van der Waals surface area contributed by atoms with Crippen LogP contribution in [0.1, 0.15) is 16.1 Å². The molecular weight excluding hydrogens is 268 g/mol. The molecule has 0 saturated carbocycles.